The minimum absolute atomic E-state index is 0.0524. The van der Waals surface area contributed by atoms with Crippen molar-refractivity contribution in [2.75, 3.05) is 18.9 Å². The number of hydrogen-bond donors (Lipinski definition) is 2. The third kappa shape index (κ3) is 4.18. The van der Waals surface area contributed by atoms with Gasteiger partial charge in [0.05, 0.1) is 6.10 Å². The van der Waals surface area contributed by atoms with Gasteiger partial charge in [-0.1, -0.05) is 12.1 Å². The summed E-state index contributed by atoms with van der Waals surface area (Å²) in [6.07, 6.45) is -0.579. The summed E-state index contributed by atoms with van der Waals surface area (Å²) in [6.45, 7) is 3.33. The van der Waals surface area contributed by atoms with E-state index in [0.29, 0.717) is 11.3 Å². The predicted molar refractivity (Wildman–Crippen MR) is 69.8 cm³/mol. The third-order valence-corrected chi connectivity index (χ3v) is 2.41. The molecule has 2 N–H and O–H groups in total. The molecule has 5 nitrogen and oxygen atoms in total. The molecule has 0 saturated carbocycles. The molecule has 0 aliphatic heterocycles. The minimum Gasteiger partial charge on any atom is -0.392 e. The largest absolute Gasteiger partial charge is 0.392 e. The summed E-state index contributed by atoms with van der Waals surface area (Å²) in [4.78, 5) is 24.3. The fourth-order valence-electron chi connectivity index (χ4n) is 1.51. The SMILES string of the molecule is CC(=O)c1cccc(NC(=O)N(C)CC(C)O)c1. The lowest BCUT2D eigenvalue weighted by Gasteiger charge is -2.19. The van der Waals surface area contributed by atoms with Crippen molar-refractivity contribution in [3.63, 3.8) is 0 Å². The minimum atomic E-state index is -0.579. The van der Waals surface area contributed by atoms with Crippen LogP contribution in [0.25, 0.3) is 0 Å². The molecule has 98 valence electrons. The van der Waals surface area contributed by atoms with E-state index in [0.717, 1.165) is 0 Å². The number of nitrogens with one attached hydrogen (secondary N) is 1. The lowest BCUT2D eigenvalue weighted by atomic mass is 10.1. The number of ketones is 1. The van der Waals surface area contributed by atoms with Crippen LogP contribution in [0.3, 0.4) is 0 Å². The second kappa shape index (κ2) is 6.16. The Labute approximate surface area is 106 Å². The highest BCUT2D eigenvalue weighted by Gasteiger charge is 2.11. The van der Waals surface area contributed by atoms with Gasteiger partial charge in [-0.25, -0.2) is 4.79 Å². The van der Waals surface area contributed by atoms with Gasteiger partial charge in [-0.15, -0.1) is 0 Å². The fourth-order valence-corrected chi connectivity index (χ4v) is 1.51. The van der Waals surface area contributed by atoms with Crippen molar-refractivity contribution in [3.8, 4) is 0 Å². The lowest BCUT2D eigenvalue weighted by molar-refractivity contribution is 0.101. The maximum atomic E-state index is 11.7. The number of amides is 2. The monoisotopic (exact) mass is 250 g/mol. The Hall–Kier alpha value is -1.88. The number of anilines is 1. The standard InChI is InChI=1S/C13H18N2O3/c1-9(16)8-15(3)13(18)14-12-6-4-5-11(7-12)10(2)17/h4-7,9,16H,8H2,1-3H3,(H,14,18). The maximum absolute atomic E-state index is 11.7. The van der Waals surface area contributed by atoms with Gasteiger partial charge in [0, 0.05) is 24.8 Å². The van der Waals surface area contributed by atoms with Crippen LogP contribution in [-0.4, -0.2) is 41.5 Å². The Morgan fingerprint density at radius 3 is 2.67 bits per heavy atom. The van der Waals surface area contributed by atoms with Crippen molar-refractivity contribution in [2.24, 2.45) is 0 Å². The van der Waals surface area contributed by atoms with Gasteiger partial charge >= 0.3 is 6.03 Å². The summed E-state index contributed by atoms with van der Waals surface area (Å²) in [5, 5.41) is 11.9. The molecule has 1 rings (SSSR count). The number of urea groups is 1. The summed E-state index contributed by atoms with van der Waals surface area (Å²) in [6, 6.07) is 6.41. The highest BCUT2D eigenvalue weighted by molar-refractivity contribution is 5.96. The number of aliphatic hydroxyl groups is 1. The van der Waals surface area contributed by atoms with Crippen molar-refractivity contribution in [3.05, 3.63) is 29.8 Å². The zero-order valence-electron chi connectivity index (χ0n) is 10.8. The zero-order chi connectivity index (χ0) is 13.7. The highest BCUT2D eigenvalue weighted by atomic mass is 16.3. The average Bonchev–Trinajstić information content (AvgIpc) is 2.28. The Morgan fingerprint density at radius 2 is 2.11 bits per heavy atom. The Bertz CT molecular complexity index is 444. The molecule has 1 unspecified atom stereocenters. The van der Waals surface area contributed by atoms with Crippen LogP contribution in [0.2, 0.25) is 0 Å². The summed E-state index contributed by atoms with van der Waals surface area (Å²) in [5.41, 5.74) is 1.11. The highest BCUT2D eigenvalue weighted by Crippen LogP contribution is 2.11. The molecular formula is C13H18N2O3. The number of likely N-dealkylation sites (N-methyl/N-ethyl adjacent to an activating group) is 1. The van der Waals surface area contributed by atoms with Crippen LogP contribution in [0.5, 0.6) is 0 Å². The molecule has 2 amide bonds. The van der Waals surface area contributed by atoms with E-state index in [1.54, 1.807) is 38.2 Å². The molecule has 0 bridgehead atoms. The van der Waals surface area contributed by atoms with Crippen LogP contribution in [0.15, 0.2) is 24.3 Å². The number of rotatable bonds is 4. The maximum Gasteiger partial charge on any atom is 0.321 e. The van der Waals surface area contributed by atoms with Gasteiger partial charge in [0.1, 0.15) is 0 Å². The smallest absolute Gasteiger partial charge is 0.321 e. The number of carbonyl (C=O) groups is 2. The summed E-state index contributed by atoms with van der Waals surface area (Å²) in [5.74, 6) is -0.0524. The number of aliphatic hydroxyl groups excluding tert-OH is 1. The van der Waals surface area contributed by atoms with Gasteiger partial charge in [-0.3, -0.25) is 4.79 Å². The zero-order valence-corrected chi connectivity index (χ0v) is 10.8. The normalized spacial score (nSPS) is 11.8. The van der Waals surface area contributed by atoms with Crippen LogP contribution in [0.4, 0.5) is 10.5 Å². The van der Waals surface area contributed by atoms with E-state index in [1.807, 2.05) is 0 Å². The van der Waals surface area contributed by atoms with Crippen molar-refractivity contribution in [2.45, 2.75) is 20.0 Å². The first kappa shape index (κ1) is 14.2. The summed E-state index contributed by atoms with van der Waals surface area (Å²) >= 11 is 0. The Balaban J connectivity index is 2.70. The summed E-state index contributed by atoms with van der Waals surface area (Å²) < 4.78 is 0. The van der Waals surface area contributed by atoms with Crippen molar-refractivity contribution in [1.82, 2.24) is 4.90 Å². The van der Waals surface area contributed by atoms with Gasteiger partial charge in [0.25, 0.3) is 0 Å². The van der Waals surface area contributed by atoms with Gasteiger partial charge in [-0.05, 0) is 26.0 Å². The molecule has 0 heterocycles. The van der Waals surface area contributed by atoms with Crippen LogP contribution in [0, 0.1) is 0 Å². The van der Waals surface area contributed by atoms with E-state index in [9.17, 15) is 14.7 Å². The molecule has 1 atom stereocenters. The molecule has 0 aliphatic rings. The molecule has 0 aliphatic carbocycles. The lowest BCUT2D eigenvalue weighted by Crippen LogP contribution is -2.36. The van der Waals surface area contributed by atoms with Gasteiger partial charge in [-0.2, -0.15) is 0 Å². The number of carbonyl (C=O) groups excluding carboxylic acids is 2. The fraction of sp³-hybridized carbons (Fsp3) is 0.385. The van der Waals surface area contributed by atoms with Crippen LogP contribution >= 0.6 is 0 Å². The first-order chi connectivity index (χ1) is 8.40. The van der Waals surface area contributed by atoms with Crippen LogP contribution < -0.4 is 5.32 Å². The molecule has 18 heavy (non-hydrogen) atoms. The predicted octanol–water partition coefficient (Wildman–Crippen LogP) is 1.73. The van der Waals surface area contributed by atoms with Crippen molar-refractivity contribution < 1.29 is 14.7 Å². The molecule has 0 aromatic heterocycles. The molecule has 1 aromatic rings. The second-order valence-electron chi connectivity index (χ2n) is 4.30. The average molecular weight is 250 g/mol. The molecule has 0 fully saturated rings. The van der Waals surface area contributed by atoms with Crippen LogP contribution in [-0.2, 0) is 0 Å². The van der Waals surface area contributed by atoms with E-state index in [1.165, 1.54) is 11.8 Å². The number of benzene rings is 1. The summed E-state index contributed by atoms with van der Waals surface area (Å²) in [7, 11) is 1.59. The Morgan fingerprint density at radius 1 is 1.44 bits per heavy atom. The third-order valence-electron chi connectivity index (χ3n) is 2.41. The van der Waals surface area contributed by atoms with Gasteiger partial charge < -0.3 is 15.3 Å². The van der Waals surface area contributed by atoms with E-state index in [-0.39, 0.29) is 18.4 Å². The van der Waals surface area contributed by atoms with Crippen molar-refractivity contribution >= 4 is 17.5 Å². The first-order valence-corrected chi connectivity index (χ1v) is 5.71. The van der Waals surface area contributed by atoms with Crippen LogP contribution in [0.1, 0.15) is 24.2 Å². The van der Waals surface area contributed by atoms with Crippen molar-refractivity contribution in [1.29, 1.82) is 0 Å². The topological polar surface area (TPSA) is 69.6 Å². The molecule has 0 spiro atoms. The quantitative estimate of drug-likeness (QED) is 0.800. The number of nitrogens with zero attached hydrogens (tertiary/aromatic N) is 1. The van der Waals surface area contributed by atoms with Gasteiger partial charge in [0.2, 0.25) is 0 Å². The molecule has 0 radical (unpaired) electrons. The van der Waals surface area contributed by atoms with E-state index in [4.69, 9.17) is 0 Å². The molecule has 1 aromatic carbocycles. The molecule has 5 heteroatoms. The molecular weight excluding hydrogens is 232 g/mol. The number of Topliss-reactive ketones (excluding diaryl/α,β-unsaturated/α-hetero) is 1. The second-order valence-corrected chi connectivity index (χ2v) is 4.30. The van der Waals surface area contributed by atoms with E-state index < -0.39 is 6.10 Å². The van der Waals surface area contributed by atoms with Gasteiger partial charge in [0.15, 0.2) is 5.78 Å². The van der Waals surface area contributed by atoms with E-state index in [2.05, 4.69) is 5.32 Å². The first-order valence-electron chi connectivity index (χ1n) is 5.71. The molecule has 0 saturated heterocycles. The Kier molecular flexibility index (Phi) is 4.85. The number of hydrogen-bond acceptors (Lipinski definition) is 3. The van der Waals surface area contributed by atoms with E-state index >= 15 is 0 Å².